The molecule has 1 saturated heterocycles. The van der Waals surface area contributed by atoms with Gasteiger partial charge in [-0.05, 0) is 49.7 Å². The van der Waals surface area contributed by atoms with Gasteiger partial charge in [-0.2, -0.15) is 13.2 Å². The molecule has 2 aromatic carbocycles. The molecule has 2 heterocycles. The number of urea groups is 1. The van der Waals surface area contributed by atoms with E-state index in [0.717, 1.165) is 60.3 Å². The van der Waals surface area contributed by atoms with Crippen LogP contribution in [-0.2, 0) is 11.2 Å². The largest absolute Gasteiger partial charge is 0.490 e. The summed E-state index contributed by atoms with van der Waals surface area (Å²) in [5.41, 5.74) is 3.69. The number of carboxylic acid groups (broad SMARTS) is 1. The topological polar surface area (TPSA) is 121 Å². The molecule has 1 aliphatic rings. The lowest BCUT2D eigenvalue weighted by Gasteiger charge is -2.32. The lowest BCUT2D eigenvalue weighted by molar-refractivity contribution is -0.192. The summed E-state index contributed by atoms with van der Waals surface area (Å²) in [5.74, 6) is -2.76. The number of hydrogen-bond donors (Lipinski definition) is 5. The van der Waals surface area contributed by atoms with E-state index in [9.17, 15) is 23.1 Å². The van der Waals surface area contributed by atoms with Crippen LogP contribution in [-0.4, -0.2) is 89.0 Å². The summed E-state index contributed by atoms with van der Waals surface area (Å²) in [6, 6.07) is 13.4. The molecule has 3 aromatic rings. The second-order valence-electron chi connectivity index (χ2n) is 9.65. The Bertz CT molecular complexity index is 1290. The highest BCUT2D eigenvalue weighted by Gasteiger charge is 2.38. The first-order valence-corrected chi connectivity index (χ1v) is 13.0. The van der Waals surface area contributed by atoms with Gasteiger partial charge in [0.15, 0.2) is 0 Å². The summed E-state index contributed by atoms with van der Waals surface area (Å²) in [6.45, 7) is 5.79. The average Bonchev–Trinajstić information content (AvgIpc) is 3.31. The fourth-order valence-electron chi connectivity index (χ4n) is 4.24. The van der Waals surface area contributed by atoms with E-state index in [1.54, 1.807) is 12.1 Å². The van der Waals surface area contributed by atoms with E-state index in [1.807, 2.05) is 35.4 Å². The molecular formula is C27H33ClF3N5O4. The van der Waals surface area contributed by atoms with E-state index in [1.165, 1.54) is 0 Å². The predicted octanol–water partition coefficient (Wildman–Crippen LogP) is 4.49. The molecule has 0 bridgehead atoms. The number of nitrogens with zero attached hydrogens (tertiary/aromatic N) is 2. The van der Waals surface area contributed by atoms with Crippen LogP contribution in [0.5, 0.6) is 0 Å². The summed E-state index contributed by atoms with van der Waals surface area (Å²) in [7, 11) is 2.07. The molecule has 218 valence electrons. The van der Waals surface area contributed by atoms with Crippen LogP contribution in [0.25, 0.3) is 10.9 Å². The Balaban J connectivity index is 0.000000559. The van der Waals surface area contributed by atoms with Gasteiger partial charge in [0.25, 0.3) is 0 Å². The number of carbonyl (C=O) groups is 2. The predicted molar refractivity (Wildman–Crippen MR) is 148 cm³/mol. The van der Waals surface area contributed by atoms with E-state index in [2.05, 4.69) is 40.6 Å². The summed E-state index contributed by atoms with van der Waals surface area (Å²) in [6.07, 6.45) is -2.91. The Labute approximate surface area is 234 Å². The number of likely N-dealkylation sites (N-methyl/N-ethyl adjacent to an activating group) is 1. The molecule has 2 amide bonds. The molecule has 9 nitrogen and oxygen atoms in total. The quantitative estimate of drug-likeness (QED) is 0.280. The third kappa shape index (κ3) is 8.85. The minimum atomic E-state index is -5.08. The molecule has 0 spiro atoms. The lowest BCUT2D eigenvalue weighted by atomic mass is 10.0. The maximum Gasteiger partial charge on any atom is 0.490 e. The number of benzene rings is 2. The number of rotatable bonds is 7. The van der Waals surface area contributed by atoms with Crippen LogP contribution in [0.4, 0.5) is 23.7 Å². The van der Waals surface area contributed by atoms with Crippen molar-refractivity contribution in [2.24, 2.45) is 0 Å². The van der Waals surface area contributed by atoms with Crippen LogP contribution in [0.3, 0.4) is 0 Å². The van der Waals surface area contributed by atoms with Crippen molar-refractivity contribution in [3.63, 3.8) is 0 Å². The first-order valence-electron chi connectivity index (χ1n) is 12.7. The van der Waals surface area contributed by atoms with Crippen molar-refractivity contribution < 1.29 is 33.0 Å². The molecule has 5 N–H and O–H groups in total. The number of aromatic nitrogens is 1. The normalized spacial score (nSPS) is 15.7. The number of carbonyl (C=O) groups excluding carboxylic acids is 1. The number of nitrogens with one attached hydrogen (secondary N) is 3. The van der Waals surface area contributed by atoms with E-state index in [0.29, 0.717) is 11.6 Å². The summed E-state index contributed by atoms with van der Waals surface area (Å²) < 4.78 is 31.7. The third-order valence-corrected chi connectivity index (χ3v) is 6.73. The molecular weight excluding hydrogens is 551 g/mol. The Morgan fingerprint density at radius 3 is 2.40 bits per heavy atom. The van der Waals surface area contributed by atoms with Crippen LogP contribution < -0.4 is 10.6 Å². The van der Waals surface area contributed by atoms with Gasteiger partial charge in [-0.3, -0.25) is 0 Å². The maximum atomic E-state index is 12.7. The second-order valence-corrected chi connectivity index (χ2v) is 10.1. The molecule has 0 radical (unpaired) electrons. The van der Waals surface area contributed by atoms with Crippen LogP contribution in [0.1, 0.15) is 24.2 Å². The number of aromatic amines is 1. The highest BCUT2D eigenvalue weighted by Crippen LogP contribution is 2.27. The number of alkyl halides is 3. The van der Waals surface area contributed by atoms with Crippen LogP contribution in [0.15, 0.2) is 48.7 Å². The summed E-state index contributed by atoms with van der Waals surface area (Å²) in [4.78, 5) is 29.1. The minimum absolute atomic E-state index is 0.0585. The SMILES string of the molecule is C[C@H](Cc1c[nH]c2c(NC(=O)N3CCN(C)CC3)cccc12)NC[C@H](O)c1cccc(Cl)c1.O=C(O)C(F)(F)F. The van der Waals surface area contributed by atoms with Gasteiger partial charge >= 0.3 is 18.2 Å². The number of halogens is 4. The minimum Gasteiger partial charge on any atom is -0.475 e. The van der Waals surface area contributed by atoms with E-state index in [4.69, 9.17) is 21.5 Å². The van der Waals surface area contributed by atoms with Gasteiger partial charge in [-0.25, -0.2) is 9.59 Å². The van der Waals surface area contributed by atoms with Crippen molar-refractivity contribution in [2.45, 2.75) is 31.7 Å². The fraction of sp³-hybridized carbons (Fsp3) is 0.407. The van der Waals surface area contributed by atoms with Crippen molar-refractivity contribution in [3.8, 4) is 0 Å². The highest BCUT2D eigenvalue weighted by molar-refractivity contribution is 6.30. The van der Waals surface area contributed by atoms with Gasteiger partial charge in [-0.1, -0.05) is 35.9 Å². The van der Waals surface area contributed by atoms with Crippen LogP contribution in [0.2, 0.25) is 5.02 Å². The molecule has 0 saturated carbocycles. The van der Waals surface area contributed by atoms with Crippen molar-refractivity contribution in [3.05, 3.63) is 64.8 Å². The number of amides is 2. The van der Waals surface area contributed by atoms with Crippen molar-refractivity contribution in [2.75, 3.05) is 45.1 Å². The fourth-order valence-corrected chi connectivity index (χ4v) is 4.43. The third-order valence-electron chi connectivity index (χ3n) is 6.49. The van der Waals surface area contributed by atoms with Gasteiger partial charge in [-0.15, -0.1) is 0 Å². The second kappa shape index (κ2) is 13.8. The number of aliphatic hydroxyl groups excluding tert-OH is 1. The number of piperazine rings is 1. The number of aliphatic carboxylic acids is 1. The molecule has 40 heavy (non-hydrogen) atoms. The lowest BCUT2D eigenvalue weighted by Crippen LogP contribution is -2.48. The van der Waals surface area contributed by atoms with Gasteiger partial charge in [0, 0.05) is 55.4 Å². The van der Waals surface area contributed by atoms with Gasteiger partial charge in [0.2, 0.25) is 0 Å². The smallest absolute Gasteiger partial charge is 0.475 e. The monoisotopic (exact) mass is 583 g/mol. The molecule has 2 atom stereocenters. The van der Waals surface area contributed by atoms with E-state index in [-0.39, 0.29) is 12.1 Å². The Hall–Kier alpha value is -3.32. The number of H-pyrrole nitrogens is 1. The number of para-hydroxylation sites is 1. The van der Waals surface area contributed by atoms with E-state index >= 15 is 0 Å². The molecule has 1 aliphatic heterocycles. The molecule has 0 unspecified atom stereocenters. The number of hydrogen-bond acceptors (Lipinski definition) is 5. The summed E-state index contributed by atoms with van der Waals surface area (Å²) in [5, 5.41) is 25.8. The molecule has 1 aromatic heterocycles. The standard InChI is InChI=1S/C25H32ClN5O2.C2HF3O2/c1-17(27-16-23(32)18-5-3-6-20(26)14-18)13-19-15-28-24-21(19)7-4-8-22(24)29-25(33)31-11-9-30(2)10-12-31;3-2(4,5)1(6)7/h3-8,14-15,17,23,27-28,32H,9-13,16H2,1-2H3,(H,29,33);(H,6,7)/t17-,23+;/m1./s1. The Morgan fingerprint density at radius 2 is 1.77 bits per heavy atom. The van der Waals surface area contributed by atoms with Crippen LogP contribution in [0, 0.1) is 0 Å². The average molecular weight is 584 g/mol. The molecule has 0 aliphatic carbocycles. The zero-order chi connectivity index (χ0) is 29.4. The maximum absolute atomic E-state index is 12.7. The summed E-state index contributed by atoms with van der Waals surface area (Å²) >= 11 is 6.03. The van der Waals surface area contributed by atoms with Crippen molar-refractivity contribution >= 4 is 40.2 Å². The van der Waals surface area contributed by atoms with Crippen molar-refractivity contribution in [1.82, 2.24) is 20.1 Å². The van der Waals surface area contributed by atoms with E-state index < -0.39 is 18.2 Å². The Morgan fingerprint density at radius 1 is 1.12 bits per heavy atom. The number of aliphatic hydroxyl groups is 1. The molecule has 13 heteroatoms. The zero-order valence-corrected chi connectivity index (χ0v) is 22.9. The zero-order valence-electron chi connectivity index (χ0n) is 22.1. The number of carboxylic acids is 1. The molecule has 4 rings (SSSR count). The van der Waals surface area contributed by atoms with Gasteiger partial charge < -0.3 is 35.6 Å². The Kier molecular flexibility index (Phi) is 10.8. The van der Waals surface area contributed by atoms with Crippen LogP contribution >= 0.6 is 11.6 Å². The first-order chi connectivity index (χ1) is 18.8. The molecule has 1 fully saturated rings. The first kappa shape index (κ1) is 31.2. The van der Waals surface area contributed by atoms with Gasteiger partial charge in [0.05, 0.1) is 17.3 Å². The van der Waals surface area contributed by atoms with Gasteiger partial charge in [0.1, 0.15) is 0 Å². The van der Waals surface area contributed by atoms with Crippen molar-refractivity contribution in [1.29, 1.82) is 0 Å². The highest BCUT2D eigenvalue weighted by atomic mass is 35.5. The number of anilines is 1. The number of fused-ring (bicyclic) bond motifs is 1.